The molecule has 2 heterocycles. The third-order valence-electron chi connectivity index (χ3n) is 6.40. The minimum absolute atomic E-state index is 0.0384. The Labute approximate surface area is 206 Å². The first-order valence-electron chi connectivity index (χ1n) is 12.1. The van der Waals surface area contributed by atoms with Crippen molar-refractivity contribution in [3.63, 3.8) is 0 Å². The Morgan fingerprint density at radius 2 is 1.49 bits per heavy atom. The highest BCUT2D eigenvalue weighted by Gasteiger charge is 2.21. The quantitative estimate of drug-likeness (QED) is 0.289. The van der Waals surface area contributed by atoms with Crippen LogP contribution in [0.1, 0.15) is 34.7 Å². The van der Waals surface area contributed by atoms with Crippen molar-refractivity contribution in [2.24, 2.45) is 0 Å². The maximum Gasteiger partial charge on any atom is 0.220 e. The van der Waals surface area contributed by atoms with E-state index in [9.17, 15) is 4.79 Å². The number of pyridine rings is 1. The number of carbonyl (C=O) groups excluding carboxylic acids is 1. The van der Waals surface area contributed by atoms with E-state index in [1.165, 1.54) is 27.6 Å². The normalized spacial score (nSPS) is 11.9. The van der Waals surface area contributed by atoms with Crippen LogP contribution in [0.3, 0.4) is 0 Å². The van der Waals surface area contributed by atoms with E-state index in [0.29, 0.717) is 13.0 Å². The van der Waals surface area contributed by atoms with Gasteiger partial charge in [-0.15, -0.1) is 0 Å². The van der Waals surface area contributed by atoms with Crippen LogP contribution in [0.15, 0.2) is 116 Å². The average molecular weight is 460 g/mol. The number of rotatable bonds is 9. The molecule has 5 rings (SSSR count). The minimum atomic E-state index is 0.0384. The Hall–Kier alpha value is -4.18. The third-order valence-corrected chi connectivity index (χ3v) is 6.40. The predicted molar refractivity (Wildman–Crippen MR) is 141 cm³/mol. The average Bonchev–Trinajstić information content (AvgIpc) is 3.27. The molecule has 4 heteroatoms. The zero-order chi connectivity index (χ0) is 23.9. The number of hydrogen-bond acceptors (Lipinski definition) is 2. The molecule has 1 N–H and O–H groups in total. The molecule has 4 nitrogen and oxygen atoms in total. The van der Waals surface area contributed by atoms with E-state index < -0.39 is 0 Å². The number of aromatic nitrogens is 2. The molecule has 0 aliphatic heterocycles. The molecule has 35 heavy (non-hydrogen) atoms. The zero-order valence-corrected chi connectivity index (χ0v) is 19.7. The van der Waals surface area contributed by atoms with Crippen molar-refractivity contribution in [3.05, 3.63) is 138 Å². The lowest BCUT2D eigenvalue weighted by Gasteiger charge is -2.17. The molecule has 2 aromatic heterocycles. The number of fused-ring (bicyclic) bond motifs is 1. The topological polar surface area (TPSA) is 46.9 Å². The molecular formula is C31H29N3O. The van der Waals surface area contributed by atoms with Crippen molar-refractivity contribution in [2.45, 2.75) is 31.8 Å². The molecule has 0 aliphatic carbocycles. The molecule has 0 fully saturated rings. The van der Waals surface area contributed by atoms with E-state index in [-0.39, 0.29) is 11.8 Å². The van der Waals surface area contributed by atoms with Crippen LogP contribution in [0.4, 0.5) is 0 Å². The molecule has 0 saturated heterocycles. The van der Waals surface area contributed by atoms with Crippen molar-refractivity contribution in [2.75, 3.05) is 0 Å². The van der Waals surface area contributed by atoms with Crippen molar-refractivity contribution in [1.29, 1.82) is 0 Å². The van der Waals surface area contributed by atoms with Gasteiger partial charge < -0.3 is 9.88 Å². The zero-order valence-electron chi connectivity index (χ0n) is 19.7. The second-order valence-electron chi connectivity index (χ2n) is 8.90. The van der Waals surface area contributed by atoms with Gasteiger partial charge in [0.05, 0.1) is 12.2 Å². The lowest BCUT2D eigenvalue weighted by atomic mass is 9.88. The number of nitrogens with zero attached hydrogens (tertiary/aromatic N) is 2. The van der Waals surface area contributed by atoms with Crippen LogP contribution >= 0.6 is 0 Å². The smallest absolute Gasteiger partial charge is 0.220 e. The fourth-order valence-corrected chi connectivity index (χ4v) is 4.69. The van der Waals surface area contributed by atoms with Gasteiger partial charge in [-0.25, -0.2) is 0 Å². The number of hydrogen-bond donors (Lipinski definition) is 1. The summed E-state index contributed by atoms with van der Waals surface area (Å²) in [6.07, 6.45) is 5.22. The Bertz CT molecular complexity index is 1380. The van der Waals surface area contributed by atoms with Gasteiger partial charge in [-0.2, -0.15) is 0 Å². The highest BCUT2D eigenvalue weighted by atomic mass is 16.1. The first kappa shape index (κ1) is 22.6. The fraction of sp³-hybridized carbons (Fsp3) is 0.161. The Morgan fingerprint density at radius 3 is 2.23 bits per heavy atom. The summed E-state index contributed by atoms with van der Waals surface area (Å²) in [5, 5.41) is 4.28. The molecule has 0 bridgehead atoms. The largest absolute Gasteiger partial charge is 0.350 e. The first-order chi connectivity index (χ1) is 17.3. The van der Waals surface area contributed by atoms with Gasteiger partial charge in [0.2, 0.25) is 5.91 Å². The minimum Gasteiger partial charge on any atom is -0.350 e. The summed E-state index contributed by atoms with van der Waals surface area (Å²) in [6, 6.07) is 35.2. The fourth-order valence-electron chi connectivity index (χ4n) is 4.69. The molecule has 174 valence electrons. The molecule has 5 aromatic rings. The van der Waals surface area contributed by atoms with Crippen LogP contribution in [0.2, 0.25) is 0 Å². The maximum atomic E-state index is 13.1. The van der Waals surface area contributed by atoms with E-state index in [4.69, 9.17) is 0 Å². The van der Waals surface area contributed by atoms with Gasteiger partial charge in [0.15, 0.2) is 0 Å². The number of nitrogens with one attached hydrogen (secondary N) is 1. The van der Waals surface area contributed by atoms with Crippen LogP contribution in [0.5, 0.6) is 0 Å². The van der Waals surface area contributed by atoms with Gasteiger partial charge in [0, 0.05) is 36.3 Å². The Morgan fingerprint density at radius 1 is 0.800 bits per heavy atom. The highest BCUT2D eigenvalue weighted by Crippen LogP contribution is 2.33. The van der Waals surface area contributed by atoms with Gasteiger partial charge in [0.25, 0.3) is 0 Å². The molecule has 1 amide bonds. The molecule has 1 atom stereocenters. The van der Waals surface area contributed by atoms with Crippen molar-refractivity contribution >= 4 is 16.8 Å². The van der Waals surface area contributed by atoms with E-state index in [1.54, 1.807) is 6.20 Å². The van der Waals surface area contributed by atoms with Crippen LogP contribution in [-0.2, 0) is 24.3 Å². The van der Waals surface area contributed by atoms with Crippen LogP contribution in [-0.4, -0.2) is 15.5 Å². The molecule has 0 saturated carbocycles. The van der Waals surface area contributed by atoms with Gasteiger partial charge in [-0.05, 0) is 47.2 Å². The van der Waals surface area contributed by atoms with E-state index in [1.807, 2.05) is 30.3 Å². The lowest BCUT2D eigenvalue weighted by Crippen LogP contribution is -2.25. The number of amides is 1. The molecular weight excluding hydrogens is 430 g/mol. The predicted octanol–water partition coefficient (Wildman–Crippen LogP) is 6.12. The summed E-state index contributed by atoms with van der Waals surface area (Å²) in [6.45, 7) is 1.23. The molecule has 1 unspecified atom stereocenters. The van der Waals surface area contributed by atoms with Crippen LogP contribution in [0.25, 0.3) is 10.9 Å². The summed E-state index contributed by atoms with van der Waals surface area (Å²) in [5.41, 5.74) is 5.76. The van der Waals surface area contributed by atoms with E-state index in [0.717, 1.165) is 18.7 Å². The van der Waals surface area contributed by atoms with Crippen molar-refractivity contribution < 1.29 is 4.79 Å². The molecule has 0 radical (unpaired) electrons. The second-order valence-corrected chi connectivity index (χ2v) is 8.90. The van der Waals surface area contributed by atoms with E-state index in [2.05, 4.69) is 93.9 Å². The second kappa shape index (κ2) is 10.8. The van der Waals surface area contributed by atoms with Crippen molar-refractivity contribution in [3.8, 4) is 0 Å². The standard InChI is InChI=1S/C31H29N3O/c35-31(33-21-27-15-9-10-18-32-27)20-26(19-24-11-3-1-4-12-24)29-23-34(22-25-13-5-2-6-14-25)30-17-8-7-16-28(29)30/h1-18,23,26H,19-22H2,(H,33,35). The van der Waals surface area contributed by atoms with Gasteiger partial charge in [-0.3, -0.25) is 9.78 Å². The van der Waals surface area contributed by atoms with Gasteiger partial charge in [0.1, 0.15) is 0 Å². The van der Waals surface area contributed by atoms with Gasteiger partial charge in [-0.1, -0.05) is 84.9 Å². The third kappa shape index (κ3) is 5.67. The summed E-state index contributed by atoms with van der Waals surface area (Å²) in [4.78, 5) is 17.4. The number of carbonyl (C=O) groups is 1. The Kier molecular flexibility index (Phi) is 7.00. The summed E-state index contributed by atoms with van der Waals surface area (Å²) >= 11 is 0. The maximum absolute atomic E-state index is 13.1. The monoisotopic (exact) mass is 459 g/mol. The number of benzene rings is 3. The summed E-state index contributed by atoms with van der Waals surface area (Å²) < 4.78 is 2.31. The van der Waals surface area contributed by atoms with Crippen LogP contribution in [0, 0.1) is 0 Å². The molecule has 0 aliphatic rings. The molecule has 3 aromatic carbocycles. The van der Waals surface area contributed by atoms with Crippen LogP contribution < -0.4 is 5.32 Å². The highest BCUT2D eigenvalue weighted by molar-refractivity contribution is 5.86. The Balaban J connectivity index is 1.44. The summed E-state index contributed by atoms with van der Waals surface area (Å²) in [7, 11) is 0. The first-order valence-corrected chi connectivity index (χ1v) is 12.1. The number of para-hydroxylation sites is 1. The molecule has 0 spiro atoms. The van der Waals surface area contributed by atoms with E-state index >= 15 is 0 Å². The summed E-state index contributed by atoms with van der Waals surface area (Å²) in [5.74, 6) is 0.0968. The van der Waals surface area contributed by atoms with Crippen molar-refractivity contribution in [1.82, 2.24) is 14.9 Å². The van der Waals surface area contributed by atoms with Gasteiger partial charge >= 0.3 is 0 Å². The SMILES string of the molecule is O=C(CC(Cc1ccccc1)c1cn(Cc2ccccc2)c2ccccc12)NCc1ccccn1. The lowest BCUT2D eigenvalue weighted by molar-refractivity contribution is -0.121.